The van der Waals surface area contributed by atoms with E-state index in [0.29, 0.717) is 0 Å². The van der Waals surface area contributed by atoms with Gasteiger partial charge in [0.1, 0.15) is 0 Å². The molecule has 2 rings (SSSR count). The second-order valence-corrected chi connectivity index (χ2v) is 10.3. The predicted molar refractivity (Wildman–Crippen MR) is 90.0 cm³/mol. The van der Waals surface area contributed by atoms with Crippen LogP contribution in [0.5, 0.6) is 0 Å². The number of nitrogens with zero attached hydrogens (tertiary/aromatic N) is 2. The molecule has 0 aromatic rings. The highest BCUT2D eigenvalue weighted by atomic mass is 28.4. The number of hydrogen-bond donors (Lipinski definition) is 0. The SMILES string of the molecule is CO[Si](CCN1CCCCC1)(CCN1CCCCC1)OC. The van der Waals surface area contributed by atoms with E-state index in [-0.39, 0.29) is 0 Å². The van der Waals surface area contributed by atoms with Crippen molar-refractivity contribution in [2.24, 2.45) is 0 Å². The van der Waals surface area contributed by atoms with Crippen LogP contribution in [0.4, 0.5) is 0 Å². The first-order chi connectivity index (χ1) is 10.3. The lowest BCUT2D eigenvalue weighted by Gasteiger charge is -2.34. The predicted octanol–water partition coefficient (Wildman–Crippen LogP) is 2.69. The van der Waals surface area contributed by atoms with Crippen molar-refractivity contribution >= 4 is 8.56 Å². The van der Waals surface area contributed by atoms with E-state index in [4.69, 9.17) is 8.85 Å². The monoisotopic (exact) mass is 314 g/mol. The molecule has 0 unspecified atom stereocenters. The minimum Gasteiger partial charge on any atom is -0.398 e. The fraction of sp³-hybridized carbons (Fsp3) is 1.00. The second kappa shape index (κ2) is 9.25. The normalized spacial score (nSPS) is 22.6. The van der Waals surface area contributed by atoms with E-state index in [1.807, 2.05) is 14.2 Å². The topological polar surface area (TPSA) is 24.9 Å². The zero-order chi connectivity index (χ0) is 15.0. The maximum atomic E-state index is 5.93. The van der Waals surface area contributed by atoms with E-state index in [0.717, 1.165) is 25.2 Å². The van der Waals surface area contributed by atoms with Crippen LogP contribution in [0.25, 0.3) is 0 Å². The van der Waals surface area contributed by atoms with Crippen LogP contribution in [0.2, 0.25) is 12.1 Å². The van der Waals surface area contributed by atoms with Gasteiger partial charge in [-0.05, 0) is 51.9 Å². The summed E-state index contributed by atoms with van der Waals surface area (Å²) >= 11 is 0. The summed E-state index contributed by atoms with van der Waals surface area (Å²) in [6.45, 7) is 7.39. The van der Waals surface area contributed by atoms with Gasteiger partial charge in [-0.25, -0.2) is 0 Å². The van der Waals surface area contributed by atoms with Crippen molar-refractivity contribution in [2.75, 3.05) is 53.5 Å². The summed E-state index contributed by atoms with van der Waals surface area (Å²) in [5, 5.41) is 0. The third-order valence-corrected chi connectivity index (χ3v) is 8.72. The highest BCUT2D eigenvalue weighted by Gasteiger charge is 2.36. The van der Waals surface area contributed by atoms with Gasteiger partial charge in [-0.15, -0.1) is 0 Å². The fourth-order valence-electron chi connectivity index (χ4n) is 3.64. The molecule has 0 aliphatic carbocycles. The molecule has 2 saturated heterocycles. The lowest BCUT2D eigenvalue weighted by atomic mass is 10.1. The molecule has 0 aromatic heterocycles. The van der Waals surface area contributed by atoms with Crippen LogP contribution in [0.1, 0.15) is 38.5 Å². The Balaban J connectivity index is 1.76. The molecule has 0 amide bonds. The maximum absolute atomic E-state index is 5.93. The molecule has 0 spiro atoms. The van der Waals surface area contributed by atoms with E-state index in [9.17, 15) is 0 Å². The van der Waals surface area contributed by atoms with Crippen LogP contribution in [0, 0.1) is 0 Å². The van der Waals surface area contributed by atoms with Crippen molar-refractivity contribution < 1.29 is 8.85 Å². The first kappa shape index (κ1) is 17.4. The third kappa shape index (κ3) is 5.64. The average Bonchev–Trinajstić information content (AvgIpc) is 2.58. The number of hydrogen-bond acceptors (Lipinski definition) is 4. The summed E-state index contributed by atoms with van der Waals surface area (Å²) < 4.78 is 11.9. The van der Waals surface area contributed by atoms with Gasteiger partial charge in [0.05, 0.1) is 0 Å². The maximum Gasteiger partial charge on any atom is 0.340 e. The Labute approximate surface area is 132 Å². The minimum absolute atomic E-state index is 1.12. The van der Waals surface area contributed by atoms with Crippen LogP contribution in [-0.2, 0) is 8.85 Å². The largest absolute Gasteiger partial charge is 0.398 e. The first-order valence-corrected chi connectivity index (χ1v) is 11.1. The van der Waals surface area contributed by atoms with Gasteiger partial charge in [-0.1, -0.05) is 12.8 Å². The second-order valence-electron chi connectivity index (χ2n) is 6.62. The van der Waals surface area contributed by atoms with E-state index < -0.39 is 8.56 Å². The molecule has 0 aromatic carbocycles. The standard InChI is InChI=1S/C16H34N2O2Si/c1-19-21(20-2,15-13-17-9-5-3-6-10-17)16-14-18-11-7-4-8-12-18/h3-16H2,1-2H3. The van der Waals surface area contributed by atoms with Crippen LogP contribution >= 0.6 is 0 Å². The average molecular weight is 315 g/mol. The molecule has 0 radical (unpaired) electrons. The Morgan fingerprint density at radius 2 is 1.05 bits per heavy atom. The van der Waals surface area contributed by atoms with Gasteiger partial charge >= 0.3 is 8.56 Å². The quantitative estimate of drug-likeness (QED) is 0.643. The molecule has 4 nitrogen and oxygen atoms in total. The van der Waals surface area contributed by atoms with E-state index >= 15 is 0 Å². The van der Waals surface area contributed by atoms with E-state index in [1.165, 1.54) is 64.7 Å². The molecule has 0 saturated carbocycles. The molecular weight excluding hydrogens is 280 g/mol. The summed E-state index contributed by atoms with van der Waals surface area (Å²) in [5.41, 5.74) is 0. The van der Waals surface area contributed by atoms with Gasteiger partial charge in [-0.3, -0.25) is 0 Å². The van der Waals surface area contributed by atoms with Crippen LogP contribution in [-0.4, -0.2) is 71.8 Å². The molecule has 2 aliphatic rings. The molecule has 21 heavy (non-hydrogen) atoms. The van der Waals surface area contributed by atoms with Crippen molar-refractivity contribution in [1.29, 1.82) is 0 Å². The Kier molecular flexibility index (Phi) is 7.67. The first-order valence-electron chi connectivity index (χ1n) is 8.83. The van der Waals surface area contributed by atoms with Gasteiger partial charge in [-0.2, -0.15) is 0 Å². The third-order valence-electron chi connectivity index (χ3n) is 5.26. The highest BCUT2D eigenvalue weighted by molar-refractivity contribution is 6.67. The summed E-state index contributed by atoms with van der Waals surface area (Å²) in [4.78, 5) is 5.20. The molecule has 2 heterocycles. The lowest BCUT2D eigenvalue weighted by molar-refractivity contribution is 0.195. The molecule has 124 valence electrons. The van der Waals surface area contributed by atoms with Crippen molar-refractivity contribution in [2.45, 2.75) is 50.6 Å². The molecule has 5 heteroatoms. The lowest BCUT2D eigenvalue weighted by Crippen LogP contribution is -2.47. The van der Waals surface area contributed by atoms with Gasteiger partial charge in [0.15, 0.2) is 0 Å². The number of rotatable bonds is 8. The number of likely N-dealkylation sites (tertiary alicyclic amines) is 2. The molecular formula is C16H34N2O2Si. The summed E-state index contributed by atoms with van der Waals surface area (Å²) in [5.74, 6) is 0. The fourth-order valence-corrected chi connectivity index (χ4v) is 6.19. The smallest absolute Gasteiger partial charge is 0.340 e. The Bertz CT molecular complexity index is 251. The Morgan fingerprint density at radius 3 is 1.38 bits per heavy atom. The van der Waals surface area contributed by atoms with Gasteiger partial charge in [0.2, 0.25) is 0 Å². The van der Waals surface area contributed by atoms with E-state index in [1.54, 1.807) is 0 Å². The van der Waals surface area contributed by atoms with Crippen LogP contribution in [0.3, 0.4) is 0 Å². The summed E-state index contributed by atoms with van der Waals surface area (Å²) in [6, 6.07) is 2.24. The molecule has 0 N–H and O–H groups in total. The summed E-state index contributed by atoms with van der Waals surface area (Å²) in [6.07, 6.45) is 8.26. The van der Waals surface area contributed by atoms with Crippen molar-refractivity contribution in [3.8, 4) is 0 Å². The van der Waals surface area contributed by atoms with Gasteiger partial charge < -0.3 is 18.7 Å². The zero-order valence-electron chi connectivity index (χ0n) is 14.1. The zero-order valence-corrected chi connectivity index (χ0v) is 15.1. The van der Waals surface area contributed by atoms with Gasteiger partial charge in [0.25, 0.3) is 0 Å². The molecule has 0 bridgehead atoms. The Morgan fingerprint density at radius 1 is 0.667 bits per heavy atom. The van der Waals surface area contributed by atoms with Crippen molar-refractivity contribution in [1.82, 2.24) is 9.80 Å². The van der Waals surface area contributed by atoms with E-state index in [2.05, 4.69) is 9.80 Å². The summed E-state index contributed by atoms with van der Waals surface area (Å²) in [7, 11) is 1.73. The molecule has 2 fully saturated rings. The highest BCUT2D eigenvalue weighted by Crippen LogP contribution is 2.21. The number of piperidine rings is 2. The van der Waals surface area contributed by atoms with Gasteiger partial charge in [0, 0.05) is 39.4 Å². The molecule has 0 atom stereocenters. The van der Waals surface area contributed by atoms with Crippen LogP contribution < -0.4 is 0 Å². The minimum atomic E-state index is -1.99. The Hall–Kier alpha value is 0.0569. The van der Waals surface area contributed by atoms with Crippen LogP contribution in [0.15, 0.2) is 0 Å². The molecule has 2 aliphatic heterocycles. The van der Waals surface area contributed by atoms with Crippen molar-refractivity contribution in [3.63, 3.8) is 0 Å². The van der Waals surface area contributed by atoms with Crippen molar-refractivity contribution in [3.05, 3.63) is 0 Å².